The van der Waals surface area contributed by atoms with Gasteiger partial charge in [-0.05, 0) is 108 Å². The highest BCUT2D eigenvalue weighted by molar-refractivity contribution is 6.10. The van der Waals surface area contributed by atoms with Crippen molar-refractivity contribution in [1.82, 2.24) is 19.5 Å². The first-order chi connectivity index (χ1) is 28.8. The summed E-state index contributed by atoms with van der Waals surface area (Å²) in [6.45, 7) is 0. The summed E-state index contributed by atoms with van der Waals surface area (Å²) in [6, 6.07) is 54.8. The summed E-state index contributed by atoms with van der Waals surface area (Å²) in [4.78, 5) is 18.5. The Kier molecular flexibility index (Phi) is 8.50. The standard InChI is InChI=1S/C53H41N5/c1-6-18-36(19-7-1)49-45-35-40(39-30-32-47-44(34-39)43-28-16-17-29-46(43)57(47)41-24-12-4-13-25-41)31-33-48(45)58(42-26-14-5-15-27-42)50(49)53-55-51(37-20-8-2-9-21-37)54-52(56-53)38-22-10-3-11-23-38/h1-2,4-8,10,12-20,22-35,49-50H,3,9,11,21H2. The molecule has 0 bridgehead atoms. The van der Waals surface area contributed by atoms with Gasteiger partial charge in [0, 0.05) is 39.3 Å². The minimum Gasteiger partial charge on any atom is -0.329 e. The number of allylic oxidation sites excluding steroid dienone is 8. The highest BCUT2D eigenvalue weighted by Crippen LogP contribution is 2.55. The number of benzene rings is 6. The molecule has 2 aromatic heterocycles. The Morgan fingerprint density at radius 3 is 2.03 bits per heavy atom. The Morgan fingerprint density at radius 2 is 1.26 bits per heavy atom. The lowest BCUT2D eigenvalue weighted by atomic mass is 9.86. The average molecular weight is 748 g/mol. The van der Waals surface area contributed by atoms with Gasteiger partial charge in [-0.2, -0.15) is 0 Å². The molecule has 0 amide bonds. The summed E-state index contributed by atoms with van der Waals surface area (Å²) < 4.78 is 2.38. The van der Waals surface area contributed by atoms with Gasteiger partial charge < -0.3 is 9.47 Å². The van der Waals surface area contributed by atoms with Crippen molar-refractivity contribution in [1.29, 1.82) is 0 Å². The molecule has 11 rings (SSSR count). The van der Waals surface area contributed by atoms with Gasteiger partial charge in [0.1, 0.15) is 6.04 Å². The van der Waals surface area contributed by atoms with Crippen molar-refractivity contribution in [2.24, 2.45) is 0 Å². The monoisotopic (exact) mass is 747 g/mol. The van der Waals surface area contributed by atoms with E-state index in [1.165, 1.54) is 44.1 Å². The molecule has 0 N–H and O–H groups in total. The lowest BCUT2D eigenvalue weighted by Gasteiger charge is -2.30. The summed E-state index contributed by atoms with van der Waals surface area (Å²) in [7, 11) is 0. The van der Waals surface area contributed by atoms with Gasteiger partial charge >= 0.3 is 0 Å². The highest BCUT2D eigenvalue weighted by Gasteiger charge is 2.43. The fraction of sp³-hybridized carbons (Fsp3) is 0.113. The second-order valence-corrected chi connectivity index (χ2v) is 15.4. The second-order valence-electron chi connectivity index (χ2n) is 15.4. The lowest BCUT2D eigenvalue weighted by Crippen LogP contribution is -2.26. The summed E-state index contributed by atoms with van der Waals surface area (Å²) in [5.74, 6) is 2.23. The number of fused-ring (bicyclic) bond motifs is 4. The Morgan fingerprint density at radius 1 is 0.552 bits per heavy atom. The third-order valence-electron chi connectivity index (χ3n) is 11.9. The number of hydrogen-bond acceptors (Lipinski definition) is 4. The maximum absolute atomic E-state index is 5.42. The van der Waals surface area contributed by atoms with Crippen LogP contribution in [-0.4, -0.2) is 19.5 Å². The molecular formula is C53H41N5. The predicted molar refractivity (Wildman–Crippen MR) is 238 cm³/mol. The number of rotatable bonds is 7. The molecule has 8 aromatic rings. The number of aromatic nitrogens is 4. The molecule has 0 radical (unpaired) electrons. The molecule has 58 heavy (non-hydrogen) atoms. The molecule has 278 valence electrons. The van der Waals surface area contributed by atoms with E-state index in [0.717, 1.165) is 71.4 Å². The van der Waals surface area contributed by atoms with Crippen LogP contribution >= 0.6 is 0 Å². The van der Waals surface area contributed by atoms with E-state index in [0.29, 0.717) is 0 Å². The molecule has 0 spiro atoms. The third kappa shape index (κ3) is 5.90. The number of hydrogen-bond donors (Lipinski definition) is 0. The van der Waals surface area contributed by atoms with E-state index < -0.39 is 0 Å². The van der Waals surface area contributed by atoms with Crippen molar-refractivity contribution in [3.05, 3.63) is 217 Å². The van der Waals surface area contributed by atoms with E-state index in [4.69, 9.17) is 15.0 Å². The van der Waals surface area contributed by atoms with E-state index in [-0.39, 0.29) is 12.0 Å². The SMILES string of the molecule is C1=CCCC(c2nc(C3=CCCC=C3)nc(C3C(c4ccccc4)c4cc(-c5ccc6c(c5)c5ccccc5n6-c5ccccc5)ccc4N3c3ccccc3)n2)=C1. The van der Waals surface area contributed by atoms with E-state index in [1.807, 2.05) is 0 Å². The van der Waals surface area contributed by atoms with Crippen molar-refractivity contribution >= 4 is 44.3 Å². The minimum absolute atomic E-state index is 0.0562. The van der Waals surface area contributed by atoms with Crippen LogP contribution in [-0.2, 0) is 0 Å². The molecule has 1 aliphatic heterocycles. The molecule has 5 nitrogen and oxygen atoms in total. The smallest absolute Gasteiger partial charge is 0.163 e. The van der Waals surface area contributed by atoms with Crippen LogP contribution < -0.4 is 4.90 Å². The van der Waals surface area contributed by atoms with Crippen molar-refractivity contribution in [2.75, 3.05) is 4.90 Å². The zero-order chi connectivity index (χ0) is 38.4. The first kappa shape index (κ1) is 34.2. The van der Waals surface area contributed by atoms with Crippen LogP contribution in [0.25, 0.3) is 49.8 Å². The molecule has 5 heteroatoms. The quantitative estimate of drug-likeness (QED) is 0.163. The van der Waals surface area contributed by atoms with Gasteiger partial charge in [0.05, 0.1) is 11.0 Å². The Balaban J connectivity index is 1.12. The fourth-order valence-electron chi connectivity index (χ4n) is 9.22. The summed E-state index contributed by atoms with van der Waals surface area (Å²) in [6.07, 6.45) is 17.1. The van der Waals surface area contributed by atoms with Crippen LogP contribution in [0.2, 0.25) is 0 Å². The maximum Gasteiger partial charge on any atom is 0.163 e. The summed E-state index contributed by atoms with van der Waals surface area (Å²) in [5.41, 5.74) is 12.9. The molecule has 0 fully saturated rings. The molecule has 3 heterocycles. The van der Waals surface area contributed by atoms with Gasteiger partial charge in [-0.25, -0.2) is 15.0 Å². The van der Waals surface area contributed by atoms with Gasteiger partial charge in [0.2, 0.25) is 0 Å². The number of nitrogens with zero attached hydrogens (tertiary/aromatic N) is 5. The largest absolute Gasteiger partial charge is 0.329 e. The minimum atomic E-state index is -0.227. The Bertz CT molecular complexity index is 2960. The highest BCUT2D eigenvalue weighted by atomic mass is 15.2. The van der Waals surface area contributed by atoms with Gasteiger partial charge in [0.15, 0.2) is 17.5 Å². The van der Waals surface area contributed by atoms with Crippen LogP contribution in [0.1, 0.15) is 66.2 Å². The fourth-order valence-corrected chi connectivity index (χ4v) is 9.22. The van der Waals surface area contributed by atoms with Gasteiger partial charge in [-0.3, -0.25) is 0 Å². The molecule has 6 aromatic carbocycles. The molecule has 0 saturated heterocycles. The topological polar surface area (TPSA) is 46.8 Å². The van der Waals surface area contributed by atoms with E-state index >= 15 is 0 Å². The third-order valence-corrected chi connectivity index (χ3v) is 11.9. The van der Waals surface area contributed by atoms with Gasteiger partial charge in [-0.1, -0.05) is 134 Å². The number of para-hydroxylation sites is 3. The zero-order valence-electron chi connectivity index (χ0n) is 32.1. The lowest BCUT2D eigenvalue weighted by molar-refractivity contribution is 0.608. The second kappa shape index (κ2) is 14.4. The van der Waals surface area contributed by atoms with Crippen molar-refractivity contribution in [3.63, 3.8) is 0 Å². The maximum atomic E-state index is 5.42. The molecule has 2 unspecified atom stereocenters. The van der Waals surface area contributed by atoms with Gasteiger partial charge in [0.25, 0.3) is 0 Å². The van der Waals surface area contributed by atoms with Crippen LogP contribution in [0.3, 0.4) is 0 Å². The van der Waals surface area contributed by atoms with E-state index in [9.17, 15) is 0 Å². The molecule has 0 saturated carbocycles. The van der Waals surface area contributed by atoms with Crippen molar-refractivity contribution in [3.8, 4) is 16.8 Å². The molecule has 2 aliphatic carbocycles. The summed E-state index contributed by atoms with van der Waals surface area (Å²) in [5, 5.41) is 2.49. The normalized spacial score (nSPS) is 17.4. The Labute approximate surface area is 338 Å². The van der Waals surface area contributed by atoms with Crippen molar-refractivity contribution in [2.45, 2.75) is 37.6 Å². The molecular weight excluding hydrogens is 707 g/mol. The first-order valence-corrected chi connectivity index (χ1v) is 20.4. The van der Waals surface area contributed by atoms with Gasteiger partial charge in [-0.15, -0.1) is 0 Å². The van der Waals surface area contributed by atoms with Crippen LogP contribution in [0.4, 0.5) is 11.4 Å². The number of anilines is 2. The van der Waals surface area contributed by atoms with Crippen LogP contribution in [0.15, 0.2) is 188 Å². The molecule has 2 atom stereocenters. The zero-order valence-corrected chi connectivity index (χ0v) is 32.1. The van der Waals surface area contributed by atoms with Crippen LogP contribution in [0.5, 0.6) is 0 Å². The first-order valence-electron chi connectivity index (χ1n) is 20.4. The predicted octanol–water partition coefficient (Wildman–Crippen LogP) is 13.1. The molecule has 3 aliphatic rings. The van der Waals surface area contributed by atoms with E-state index in [1.54, 1.807) is 0 Å². The average Bonchev–Trinajstić information content (AvgIpc) is 3.83. The summed E-state index contributed by atoms with van der Waals surface area (Å²) >= 11 is 0. The van der Waals surface area contributed by atoms with E-state index in [2.05, 4.69) is 198 Å². The Hall–Kier alpha value is -7.11. The van der Waals surface area contributed by atoms with Crippen LogP contribution in [0, 0.1) is 0 Å². The van der Waals surface area contributed by atoms with Crippen molar-refractivity contribution < 1.29 is 0 Å².